The Hall–Kier alpha value is -1.59. The van der Waals surface area contributed by atoms with E-state index in [-0.39, 0.29) is 12.1 Å². The minimum absolute atomic E-state index is 0.00929. The number of anilines is 1. The largest absolute Gasteiger partial charge is 0.497 e. The maximum atomic E-state index is 12.8. The van der Waals surface area contributed by atoms with E-state index in [0.29, 0.717) is 4.48 Å². The molecule has 0 aliphatic heterocycles. The molecule has 1 atom stereocenters. The normalized spacial score (nSPS) is 12.0. The van der Waals surface area contributed by atoms with E-state index in [2.05, 4.69) is 31.7 Å². The molecule has 1 aromatic carbocycles. The third-order valence-electron chi connectivity index (χ3n) is 4.30. The molecule has 0 heterocycles. The summed E-state index contributed by atoms with van der Waals surface area (Å²) in [5.41, 5.74) is 2.87. The molecule has 0 spiro atoms. The standard InChI is InChI=1S/C18H31N3O2.C2H6/c1-8-9-10-21(5,6)17(19-4)18(22)20-16-13(2)11-15(23-7)12-14(16)3;1-2/h11-12,17,19H,8-10H2,1-7H3;1-2H3/p+1. The summed E-state index contributed by atoms with van der Waals surface area (Å²) in [7, 11) is 7.66. The molecular formula is C20H38N3O2+. The van der Waals surface area contributed by atoms with Crippen molar-refractivity contribution in [1.29, 1.82) is 0 Å². The van der Waals surface area contributed by atoms with Crippen LogP contribution in [0.15, 0.2) is 12.1 Å². The highest BCUT2D eigenvalue weighted by Crippen LogP contribution is 2.26. The fraction of sp³-hybridized carbons (Fsp3) is 0.650. The van der Waals surface area contributed by atoms with Crippen molar-refractivity contribution in [2.45, 2.75) is 53.6 Å². The number of rotatable bonds is 8. The van der Waals surface area contributed by atoms with Gasteiger partial charge in [0, 0.05) is 5.69 Å². The van der Waals surface area contributed by atoms with E-state index in [1.54, 1.807) is 7.11 Å². The van der Waals surface area contributed by atoms with Gasteiger partial charge >= 0.3 is 0 Å². The average molecular weight is 353 g/mol. The predicted molar refractivity (Wildman–Crippen MR) is 107 cm³/mol. The molecule has 2 N–H and O–H groups in total. The third-order valence-corrected chi connectivity index (χ3v) is 4.30. The highest BCUT2D eigenvalue weighted by molar-refractivity contribution is 5.95. The van der Waals surface area contributed by atoms with Gasteiger partial charge in [0.2, 0.25) is 6.17 Å². The fourth-order valence-corrected chi connectivity index (χ4v) is 2.92. The maximum absolute atomic E-state index is 12.8. The zero-order valence-corrected chi connectivity index (χ0v) is 17.6. The molecule has 1 aromatic rings. The van der Waals surface area contributed by atoms with Crippen LogP contribution in [0.2, 0.25) is 0 Å². The number of aryl methyl sites for hydroxylation is 2. The Balaban J connectivity index is 0.00000277. The van der Waals surface area contributed by atoms with Crippen molar-refractivity contribution in [1.82, 2.24) is 5.32 Å². The van der Waals surface area contributed by atoms with Crippen LogP contribution in [0.5, 0.6) is 5.75 Å². The maximum Gasteiger partial charge on any atom is 0.298 e. The molecule has 1 amide bonds. The van der Waals surface area contributed by atoms with Crippen molar-refractivity contribution in [3.05, 3.63) is 23.3 Å². The Morgan fingerprint density at radius 1 is 1.20 bits per heavy atom. The average Bonchev–Trinajstić information content (AvgIpc) is 2.58. The zero-order chi connectivity index (χ0) is 19.6. The number of hydrogen-bond acceptors (Lipinski definition) is 3. The van der Waals surface area contributed by atoms with Crippen LogP contribution in [0.4, 0.5) is 5.69 Å². The molecule has 5 nitrogen and oxygen atoms in total. The Bertz CT molecular complexity index is 519. The second kappa shape index (κ2) is 11.1. The Morgan fingerprint density at radius 2 is 1.72 bits per heavy atom. The number of unbranched alkanes of at least 4 members (excludes halogenated alkanes) is 1. The van der Waals surface area contributed by atoms with Gasteiger partial charge in [0.25, 0.3) is 5.91 Å². The third kappa shape index (κ3) is 6.67. The molecule has 0 aliphatic rings. The molecule has 0 radical (unpaired) electrons. The molecule has 0 fully saturated rings. The van der Waals surface area contributed by atoms with Crippen LogP contribution in [0, 0.1) is 13.8 Å². The Morgan fingerprint density at radius 3 is 2.12 bits per heavy atom. The molecule has 1 rings (SSSR count). The van der Waals surface area contributed by atoms with E-state index in [4.69, 9.17) is 4.74 Å². The lowest BCUT2D eigenvalue weighted by Crippen LogP contribution is -2.61. The van der Waals surface area contributed by atoms with Gasteiger partial charge < -0.3 is 14.5 Å². The highest BCUT2D eigenvalue weighted by Gasteiger charge is 2.33. The summed E-state index contributed by atoms with van der Waals surface area (Å²) in [6.45, 7) is 11.1. The van der Waals surface area contributed by atoms with Crippen LogP contribution in [-0.2, 0) is 4.79 Å². The smallest absolute Gasteiger partial charge is 0.298 e. The fourth-order valence-electron chi connectivity index (χ4n) is 2.92. The zero-order valence-electron chi connectivity index (χ0n) is 17.6. The molecule has 0 aliphatic carbocycles. The van der Waals surface area contributed by atoms with Crippen molar-refractivity contribution < 1.29 is 14.0 Å². The van der Waals surface area contributed by atoms with E-state index in [9.17, 15) is 4.79 Å². The van der Waals surface area contributed by atoms with Crippen molar-refractivity contribution in [3.8, 4) is 5.75 Å². The number of nitrogens with one attached hydrogen (secondary N) is 2. The number of amides is 1. The summed E-state index contributed by atoms with van der Waals surface area (Å²) >= 11 is 0. The molecule has 0 saturated heterocycles. The van der Waals surface area contributed by atoms with Gasteiger partial charge in [0.15, 0.2) is 0 Å². The van der Waals surface area contributed by atoms with Gasteiger partial charge in [-0.25, -0.2) is 0 Å². The highest BCUT2D eigenvalue weighted by atomic mass is 16.5. The predicted octanol–water partition coefficient (Wildman–Crippen LogP) is 3.70. The van der Waals surface area contributed by atoms with E-state index < -0.39 is 0 Å². The second-order valence-electron chi connectivity index (χ2n) is 6.67. The van der Waals surface area contributed by atoms with Crippen LogP contribution in [0.25, 0.3) is 0 Å². The van der Waals surface area contributed by atoms with E-state index in [1.807, 2.05) is 46.9 Å². The first-order valence-electron chi connectivity index (χ1n) is 9.22. The quantitative estimate of drug-likeness (QED) is 0.554. The summed E-state index contributed by atoms with van der Waals surface area (Å²) in [6.07, 6.45) is 1.93. The van der Waals surface area contributed by atoms with Crippen molar-refractivity contribution in [3.63, 3.8) is 0 Å². The summed E-state index contributed by atoms with van der Waals surface area (Å²) in [6, 6.07) is 3.88. The first kappa shape index (κ1) is 23.4. The van der Waals surface area contributed by atoms with Crippen LogP contribution < -0.4 is 15.4 Å². The number of likely N-dealkylation sites (N-methyl/N-ethyl adjacent to an activating group) is 2. The lowest BCUT2D eigenvalue weighted by molar-refractivity contribution is -0.908. The summed E-state index contributed by atoms with van der Waals surface area (Å²) < 4.78 is 5.89. The van der Waals surface area contributed by atoms with Gasteiger partial charge in [0.05, 0.1) is 27.7 Å². The lowest BCUT2D eigenvalue weighted by atomic mass is 10.1. The Labute approximate surface area is 154 Å². The minimum atomic E-state index is -0.289. The van der Waals surface area contributed by atoms with Crippen LogP contribution in [0.1, 0.15) is 44.7 Å². The molecule has 25 heavy (non-hydrogen) atoms. The van der Waals surface area contributed by atoms with Crippen molar-refractivity contribution in [2.24, 2.45) is 0 Å². The number of benzene rings is 1. The number of carbonyl (C=O) groups excluding carboxylic acids is 1. The van der Waals surface area contributed by atoms with Gasteiger partial charge in [-0.2, -0.15) is 0 Å². The van der Waals surface area contributed by atoms with Gasteiger partial charge in [-0.15, -0.1) is 0 Å². The Kier molecular flexibility index (Phi) is 10.4. The molecule has 144 valence electrons. The van der Waals surface area contributed by atoms with Gasteiger partial charge in [-0.3, -0.25) is 10.1 Å². The summed E-state index contributed by atoms with van der Waals surface area (Å²) in [5.74, 6) is 0.798. The van der Waals surface area contributed by atoms with E-state index in [1.165, 1.54) is 0 Å². The first-order chi connectivity index (χ1) is 11.8. The van der Waals surface area contributed by atoms with E-state index in [0.717, 1.165) is 42.0 Å². The number of nitrogens with zero attached hydrogens (tertiary/aromatic N) is 1. The number of hydrogen-bond donors (Lipinski definition) is 2. The number of ether oxygens (including phenoxy) is 1. The SMILES string of the molecule is CC.CCCC[N+](C)(C)C(NC)C(=O)Nc1c(C)cc(OC)cc1C. The van der Waals surface area contributed by atoms with Crippen LogP contribution in [-0.4, -0.2) is 51.4 Å². The first-order valence-corrected chi connectivity index (χ1v) is 9.22. The lowest BCUT2D eigenvalue weighted by Gasteiger charge is -2.36. The number of quaternary nitrogens is 1. The molecular weight excluding hydrogens is 314 g/mol. The molecule has 1 unspecified atom stereocenters. The number of methoxy groups -OCH3 is 1. The topological polar surface area (TPSA) is 50.4 Å². The van der Waals surface area contributed by atoms with Crippen molar-refractivity contribution in [2.75, 3.05) is 40.1 Å². The van der Waals surface area contributed by atoms with Crippen molar-refractivity contribution >= 4 is 11.6 Å². The van der Waals surface area contributed by atoms with Crippen LogP contribution >= 0.6 is 0 Å². The summed E-state index contributed by atoms with van der Waals surface area (Å²) in [5, 5.41) is 6.26. The summed E-state index contributed by atoms with van der Waals surface area (Å²) in [4.78, 5) is 12.8. The van der Waals surface area contributed by atoms with Gasteiger partial charge in [-0.1, -0.05) is 27.2 Å². The number of carbonyl (C=O) groups is 1. The van der Waals surface area contributed by atoms with Crippen LogP contribution in [0.3, 0.4) is 0 Å². The van der Waals surface area contributed by atoms with E-state index >= 15 is 0 Å². The second-order valence-corrected chi connectivity index (χ2v) is 6.67. The molecule has 0 aromatic heterocycles. The van der Waals surface area contributed by atoms with Gasteiger partial charge in [0.1, 0.15) is 5.75 Å². The van der Waals surface area contributed by atoms with Gasteiger partial charge in [-0.05, 0) is 50.6 Å². The monoisotopic (exact) mass is 352 g/mol. The molecule has 5 heteroatoms. The molecule has 0 saturated carbocycles. The minimum Gasteiger partial charge on any atom is -0.497 e. The molecule has 0 bridgehead atoms.